The Morgan fingerprint density at radius 1 is 1.05 bits per heavy atom. The summed E-state index contributed by atoms with van der Waals surface area (Å²) < 4.78 is 11.6. The number of piperazine rings is 1. The number of β-amino-alcohol motifs (C(OH)–C–C–N with tert-alkyl or cyclic N) is 1. The standard InChI is InChI=1S/C26H29Cl2N5O4/c1-36-24-11-18-21(14-25(24)37-10-2-3-32-4-6-33(7-5-32)8-9-34)30-16-17(15-29)26(18)31-22-13-23(35)20(28)12-19(22)27/h11-14,16,34-35H,2-10H2,1H3,(H,30,31). The summed E-state index contributed by atoms with van der Waals surface area (Å²) in [6.07, 6.45) is 2.33. The number of nitriles is 1. The number of aromatic nitrogens is 1. The molecule has 1 aromatic heterocycles. The van der Waals surface area contributed by atoms with Crippen molar-refractivity contribution in [1.29, 1.82) is 5.26 Å². The first-order valence-electron chi connectivity index (χ1n) is 12.0. The largest absolute Gasteiger partial charge is 0.506 e. The Hall–Kier alpha value is -3.00. The van der Waals surface area contributed by atoms with Crippen molar-refractivity contribution >= 4 is 45.5 Å². The van der Waals surface area contributed by atoms with Gasteiger partial charge in [-0.25, -0.2) is 0 Å². The van der Waals surface area contributed by atoms with Crippen molar-refractivity contribution in [3.63, 3.8) is 0 Å². The number of hydrogen-bond donors (Lipinski definition) is 3. The number of phenols is 1. The second-order valence-corrected chi connectivity index (χ2v) is 9.51. The lowest BCUT2D eigenvalue weighted by atomic mass is 10.1. The minimum Gasteiger partial charge on any atom is -0.506 e. The summed E-state index contributed by atoms with van der Waals surface area (Å²) in [5, 5.41) is 33.0. The minimum atomic E-state index is -0.134. The van der Waals surface area contributed by atoms with Gasteiger partial charge >= 0.3 is 0 Å². The van der Waals surface area contributed by atoms with E-state index in [-0.39, 0.29) is 17.4 Å². The molecule has 0 amide bonds. The molecule has 0 bridgehead atoms. The summed E-state index contributed by atoms with van der Waals surface area (Å²) in [7, 11) is 1.56. The molecular weight excluding hydrogens is 517 g/mol. The Balaban J connectivity index is 1.49. The van der Waals surface area contributed by atoms with Gasteiger partial charge in [0.25, 0.3) is 0 Å². The predicted molar refractivity (Wildman–Crippen MR) is 144 cm³/mol. The van der Waals surface area contributed by atoms with Gasteiger partial charge in [-0.3, -0.25) is 9.88 Å². The van der Waals surface area contributed by atoms with Gasteiger partial charge in [-0.2, -0.15) is 5.26 Å². The number of nitrogens with zero attached hydrogens (tertiary/aromatic N) is 4. The van der Waals surface area contributed by atoms with Crippen molar-refractivity contribution in [3.05, 3.63) is 46.1 Å². The van der Waals surface area contributed by atoms with Gasteiger partial charge < -0.3 is 29.9 Å². The number of aromatic hydroxyl groups is 1. The number of rotatable bonds is 10. The van der Waals surface area contributed by atoms with Crippen LogP contribution in [0.25, 0.3) is 10.9 Å². The molecule has 1 aliphatic rings. The highest BCUT2D eigenvalue weighted by atomic mass is 35.5. The van der Waals surface area contributed by atoms with Crippen molar-refractivity contribution in [2.75, 3.05) is 64.9 Å². The summed E-state index contributed by atoms with van der Waals surface area (Å²) in [5.74, 6) is 0.939. The molecule has 0 unspecified atom stereocenters. The van der Waals surface area contributed by atoms with Gasteiger partial charge in [0.05, 0.1) is 52.8 Å². The van der Waals surface area contributed by atoms with Crippen LogP contribution in [0.5, 0.6) is 17.2 Å². The number of ether oxygens (including phenoxy) is 2. The zero-order valence-electron chi connectivity index (χ0n) is 20.5. The van der Waals surface area contributed by atoms with Gasteiger partial charge in [0.15, 0.2) is 11.5 Å². The van der Waals surface area contributed by atoms with E-state index in [1.807, 2.05) is 0 Å². The Labute approximate surface area is 225 Å². The number of aliphatic hydroxyl groups excluding tert-OH is 1. The lowest BCUT2D eigenvalue weighted by Gasteiger charge is -2.34. The molecule has 0 atom stereocenters. The zero-order chi connectivity index (χ0) is 26.4. The van der Waals surface area contributed by atoms with E-state index in [1.165, 1.54) is 18.3 Å². The fraction of sp³-hybridized carbons (Fsp3) is 0.385. The summed E-state index contributed by atoms with van der Waals surface area (Å²) >= 11 is 12.3. The molecule has 1 saturated heterocycles. The maximum Gasteiger partial charge on any atom is 0.163 e. The zero-order valence-corrected chi connectivity index (χ0v) is 22.0. The number of halogens is 2. The Morgan fingerprint density at radius 2 is 1.78 bits per heavy atom. The topological polar surface area (TPSA) is 114 Å². The number of pyridine rings is 1. The van der Waals surface area contributed by atoms with Crippen LogP contribution in [0.3, 0.4) is 0 Å². The number of anilines is 2. The van der Waals surface area contributed by atoms with Crippen LogP contribution in [0.1, 0.15) is 12.0 Å². The van der Waals surface area contributed by atoms with E-state index < -0.39 is 0 Å². The van der Waals surface area contributed by atoms with E-state index >= 15 is 0 Å². The Kier molecular flexibility index (Phi) is 9.14. The van der Waals surface area contributed by atoms with Gasteiger partial charge in [0.1, 0.15) is 11.8 Å². The van der Waals surface area contributed by atoms with Crippen LogP contribution in [-0.2, 0) is 0 Å². The lowest BCUT2D eigenvalue weighted by Crippen LogP contribution is -2.47. The quantitative estimate of drug-likeness (QED) is 0.321. The van der Waals surface area contributed by atoms with Crippen LogP contribution in [0.15, 0.2) is 30.5 Å². The highest BCUT2D eigenvalue weighted by molar-refractivity contribution is 6.37. The average molecular weight is 546 g/mol. The van der Waals surface area contributed by atoms with E-state index in [1.54, 1.807) is 19.2 Å². The molecule has 0 spiro atoms. The minimum absolute atomic E-state index is 0.128. The maximum atomic E-state index is 10.0. The van der Waals surface area contributed by atoms with Crippen molar-refractivity contribution in [3.8, 4) is 23.3 Å². The highest BCUT2D eigenvalue weighted by Crippen LogP contribution is 2.40. The molecule has 2 aromatic carbocycles. The maximum absolute atomic E-state index is 10.0. The van der Waals surface area contributed by atoms with Crippen LogP contribution < -0.4 is 14.8 Å². The normalized spacial score (nSPS) is 14.5. The predicted octanol–water partition coefficient (Wildman–Crippen LogP) is 4.25. The van der Waals surface area contributed by atoms with Crippen LogP contribution in [-0.4, -0.2) is 84.6 Å². The molecule has 3 N–H and O–H groups in total. The smallest absolute Gasteiger partial charge is 0.163 e. The number of benzene rings is 2. The van der Waals surface area contributed by atoms with Gasteiger partial charge in [0.2, 0.25) is 0 Å². The second kappa shape index (κ2) is 12.5. The first-order valence-corrected chi connectivity index (χ1v) is 12.7. The third-order valence-corrected chi connectivity index (χ3v) is 6.94. The second-order valence-electron chi connectivity index (χ2n) is 8.70. The highest BCUT2D eigenvalue weighted by Gasteiger charge is 2.18. The molecule has 0 radical (unpaired) electrons. The summed E-state index contributed by atoms with van der Waals surface area (Å²) in [4.78, 5) is 9.10. The molecule has 4 rings (SSSR count). The molecule has 0 aliphatic carbocycles. The third kappa shape index (κ3) is 6.47. The molecule has 0 saturated carbocycles. The van der Waals surface area contributed by atoms with E-state index in [9.17, 15) is 10.4 Å². The molecule has 2 heterocycles. The van der Waals surface area contributed by atoms with Crippen molar-refractivity contribution in [1.82, 2.24) is 14.8 Å². The van der Waals surface area contributed by atoms with Gasteiger partial charge in [-0.1, -0.05) is 23.2 Å². The molecule has 1 fully saturated rings. The monoisotopic (exact) mass is 545 g/mol. The first kappa shape index (κ1) is 27.0. The molecule has 196 valence electrons. The van der Waals surface area contributed by atoms with Gasteiger partial charge in [-0.15, -0.1) is 0 Å². The SMILES string of the molecule is COc1cc2c(Nc3cc(O)c(Cl)cc3Cl)c(C#N)cnc2cc1OCCCN1CCN(CCO)CC1. The van der Waals surface area contributed by atoms with Crippen LogP contribution in [0.4, 0.5) is 11.4 Å². The summed E-state index contributed by atoms with van der Waals surface area (Å²) in [6, 6.07) is 8.53. The molecule has 1 aliphatic heterocycles. The number of methoxy groups -OCH3 is 1. The lowest BCUT2D eigenvalue weighted by molar-refractivity contribution is 0.108. The van der Waals surface area contributed by atoms with Crippen molar-refractivity contribution in [2.24, 2.45) is 0 Å². The van der Waals surface area contributed by atoms with Crippen LogP contribution >= 0.6 is 23.2 Å². The van der Waals surface area contributed by atoms with Gasteiger partial charge in [-0.05, 0) is 18.6 Å². The Bertz CT molecular complexity index is 1290. The van der Waals surface area contributed by atoms with E-state index in [2.05, 4.69) is 26.2 Å². The fourth-order valence-electron chi connectivity index (χ4n) is 4.31. The number of hydrogen-bond acceptors (Lipinski definition) is 9. The molecule has 37 heavy (non-hydrogen) atoms. The first-order chi connectivity index (χ1) is 17.9. The number of nitrogens with one attached hydrogen (secondary N) is 1. The van der Waals surface area contributed by atoms with E-state index in [0.717, 1.165) is 45.7 Å². The number of fused-ring (bicyclic) bond motifs is 1. The van der Waals surface area contributed by atoms with Crippen molar-refractivity contribution < 1.29 is 19.7 Å². The van der Waals surface area contributed by atoms with Crippen LogP contribution in [0, 0.1) is 11.3 Å². The van der Waals surface area contributed by atoms with Crippen molar-refractivity contribution in [2.45, 2.75) is 6.42 Å². The van der Waals surface area contributed by atoms with Gasteiger partial charge in [0, 0.05) is 63.0 Å². The fourth-order valence-corrected chi connectivity index (χ4v) is 4.74. The summed E-state index contributed by atoms with van der Waals surface area (Å²) in [6.45, 7) is 6.26. The average Bonchev–Trinajstić information content (AvgIpc) is 2.90. The number of phenolic OH excluding ortho intramolecular Hbond substituents is 1. The molecule has 3 aromatic rings. The Morgan fingerprint density at radius 3 is 2.46 bits per heavy atom. The van der Waals surface area contributed by atoms with Crippen LogP contribution in [0.2, 0.25) is 10.0 Å². The number of aliphatic hydroxyl groups is 1. The van der Waals surface area contributed by atoms with E-state index in [0.29, 0.717) is 51.0 Å². The summed E-state index contributed by atoms with van der Waals surface area (Å²) in [5.41, 5.74) is 1.77. The van der Waals surface area contributed by atoms with E-state index in [4.69, 9.17) is 37.8 Å². The molecule has 9 nitrogen and oxygen atoms in total. The third-order valence-electron chi connectivity index (χ3n) is 6.33. The molecule has 11 heteroatoms. The molecular formula is C26H29Cl2N5O4.